The zero-order valence-corrected chi connectivity index (χ0v) is 13.0. The Hall–Kier alpha value is -0.860. The van der Waals surface area contributed by atoms with Gasteiger partial charge in [0, 0.05) is 6.54 Å². The highest BCUT2D eigenvalue weighted by molar-refractivity contribution is 5.22. The third-order valence-electron chi connectivity index (χ3n) is 3.53. The van der Waals surface area contributed by atoms with Gasteiger partial charge in [-0.15, -0.1) is 0 Å². The monoisotopic (exact) mass is 262 g/mol. The van der Waals surface area contributed by atoms with Crippen LogP contribution < -0.4 is 11.1 Å². The molecule has 0 aliphatic heterocycles. The Kier molecular flexibility index (Phi) is 6.53. The van der Waals surface area contributed by atoms with Gasteiger partial charge in [0.25, 0.3) is 0 Å². The van der Waals surface area contributed by atoms with E-state index in [2.05, 4.69) is 57.3 Å². The van der Waals surface area contributed by atoms with Crippen LogP contribution in [0.4, 0.5) is 0 Å². The maximum absolute atomic E-state index is 5.73. The molecule has 0 saturated carbocycles. The summed E-state index contributed by atoms with van der Waals surface area (Å²) in [4.78, 5) is 0. The first-order valence-corrected chi connectivity index (χ1v) is 7.41. The predicted octanol–water partition coefficient (Wildman–Crippen LogP) is 3.35. The van der Waals surface area contributed by atoms with Gasteiger partial charge in [0.15, 0.2) is 0 Å². The van der Waals surface area contributed by atoms with E-state index in [0.29, 0.717) is 0 Å². The third-order valence-corrected chi connectivity index (χ3v) is 3.53. The lowest BCUT2D eigenvalue weighted by Crippen LogP contribution is -2.28. The molecule has 0 atom stereocenters. The molecule has 1 aromatic rings. The second kappa shape index (κ2) is 7.66. The van der Waals surface area contributed by atoms with Gasteiger partial charge in [0.2, 0.25) is 0 Å². The molecule has 0 aliphatic carbocycles. The Morgan fingerprint density at radius 1 is 1.11 bits per heavy atom. The molecule has 3 N–H and O–H groups in total. The number of rotatable bonds is 8. The fourth-order valence-corrected chi connectivity index (χ4v) is 2.03. The molecular weight excluding hydrogens is 232 g/mol. The maximum Gasteiger partial charge on any atom is 0.0205 e. The predicted molar refractivity (Wildman–Crippen MR) is 84.1 cm³/mol. The lowest BCUT2D eigenvalue weighted by molar-refractivity contribution is 0.339. The topological polar surface area (TPSA) is 38.0 Å². The minimum Gasteiger partial charge on any atom is -0.330 e. The lowest BCUT2D eigenvalue weighted by Gasteiger charge is -2.22. The Morgan fingerprint density at radius 3 is 2.21 bits per heavy atom. The quantitative estimate of drug-likeness (QED) is 0.705. The largest absolute Gasteiger partial charge is 0.330 e. The first kappa shape index (κ1) is 16.2. The first-order chi connectivity index (χ1) is 8.93. The summed E-state index contributed by atoms with van der Waals surface area (Å²) in [6, 6.07) is 8.97. The molecule has 0 aromatic heterocycles. The van der Waals surface area contributed by atoms with Crippen LogP contribution in [0.5, 0.6) is 0 Å². The van der Waals surface area contributed by atoms with Gasteiger partial charge in [-0.05, 0) is 48.4 Å². The van der Waals surface area contributed by atoms with E-state index in [4.69, 9.17) is 5.73 Å². The average Bonchev–Trinajstić information content (AvgIpc) is 2.36. The molecule has 0 unspecified atom stereocenters. The number of nitrogens with one attached hydrogen (secondary N) is 1. The van der Waals surface area contributed by atoms with E-state index in [1.807, 2.05) is 0 Å². The van der Waals surface area contributed by atoms with Gasteiger partial charge in [-0.1, -0.05) is 52.0 Å². The molecule has 1 aromatic carbocycles. The molecule has 0 spiro atoms. The smallest absolute Gasteiger partial charge is 0.0205 e. The fourth-order valence-electron chi connectivity index (χ4n) is 2.03. The summed E-state index contributed by atoms with van der Waals surface area (Å²) in [7, 11) is 0. The van der Waals surface area contributed by atoms with Crippen LogP contribution in [0.1, 0.15) is 45.2 Å². The van der Waals surface area contributed by atoms with Crippen LogP contribution >= 0.6 is 0 Å². The van der Waals surface area contributed by atoms with Crippen molar-refractivity contribution in [2.45, 2.75) is 47.1 Å². The minimum atomic E-state index is 0.244. The molecule has 0 fully saturated rings. The van der Waals surface area contributed by atoms with Gasteiger partial charge in [-0.3, -0.25) is 0 Å². The summed E-state index contributed by atoms with van der Waals surface area (Å²) in [5.74, 6) is 0.725. The van der Waals surface area contributed by atoms with Crippen molar-refractivity contribution in [3.05, 3.63) is 35.4 Å². The average molecular weight is 262 g/mol. The minimum absolute atomic E-state index is 0.244. The van der Waals surface area contributed by atoms with Crippen LogP contribution in [-0.4, -0.2) is 13.1 Å². The number of benzene rings is 1. The lowest BCUT2D eigenvalue weighted by atomic mass is 9.90. The second-order valence-electron chi connectivity index (χ2n) is 6.71. The fraction of sp³-hybridized carbons (Fsp3) is 0.647. The number of hydrogen-bond donors (Lipinski definition) is 2. The van der Waals surface area contributed by atoms with Crippen molar-refractivity contribution in [1.82, 2.24) is 5.32 Å². The highest BCUT2D eigenvalue weighted by Crippen LogP contribution is 2.16. The number of nitrogens with two attached hydrogens (primary N) is 1. The van der Waals surface area contributed by atoms with E-state index in [1.54, 1.807) is 0 Å². The SMILES string of the molecule is CC(C)Cc1ccc(CNCCC(C)(C)CN)cc1. The maximum atomic E-state index is 5.73. The molecule has 2 nitrogen and oxygen atoms in total. The van der Waals surface area contributed by atoms with Crippen LogP contribution in [0.2, 0.25) is 0 Å². The van der Waals surface area contributed by atoms with Crippen molar-refractivity contribution in [1.29, 1.82) is 0 Å². The molecule has 0 amide bonds. The van der Waals surface area contributed by atoms with Gasteiger partial charge in [-0.2, -0.15) is 0 Å². The summed E-state index contributed by atoms with van der Waals surface area (Å²) in [6.45, 7) is 11.7. The highest BCUT2D eigenvalue weighted by Gasteiger charge is 2.14. The van der Waals surface area contributed by atoms with Gasteiger partial charge < -0.3 is 11.1 Å². The molecule has 0 bridgehead atoms. The Bertz CT molecular complexity index is 352. The second-order valence-corrected chi connectivity index (χ2v) is 6.71. The van der Waals surface area contributed by atoms with Crippen LogP contribution in [0.3, 0.4) is 0 Å². The summed E-state index contributed by atoms with van der Waals surface area (Å²) >= 11 is 0. The van der Waals surface area contributed by atoms with Crippen molar-refractivity contribution in [2.75, 3.05) is 13.1 Å². The Morgan fingerprint density at radius 2 is 1.68 bits per heavy atom. The third kappa shape index (κ3) is 6.74. The zero-order valence-electron chi connectivity index (χ0n) is 13.0. The molecule has 1 rings (SSSR count). The van der Waals surface area contributed by atoms with Crippen molar-refractivity contribution in [3.63, 3.8) is 0 Å². The van der Waals surface area contributed by atoms with Gasteiger partial charge in [0.1, 0.15) is 0 Å². The first-order valence-electron chi connectivity index (χ1n) is 7.41. The summed E-state index contributed by atoms with van der Waals surface area (Å²) in [6.07, 6.45) is 2.29. The molecule has 0 saturated heterocycles. The van der Waals surface area contributed by atoms with Crippen molar-refractivity contribution in [2.24, 2.45) is 17.1 Å². The van der Waals surface area contributed by atoms with Crippen LogP contribution in [0.15, 0.2) is 24.3 Å². The number of hydrogen-bond acceptors (Lipinski definition) is 2. The molecule has 108 valence electrons. The zero-order chi connectivity index (χ0) is 14.3. The van der Waals surface area contributed by atoms with Gasteiger partial charge >= 0.3 is 0 Å². The van der Waals surface area contributed by atoms with Crippen LogP contribution in [0, 0.1) is 11.3 Å². The molecule has 19 heavy (non-hydrogen) atoms. The normalized spacial score (nSPS) is 12.1. The van der Waals surface area contributed by atoms with Crippen molar-refractivity contribution in [3.8, 4) is 0 Å². The van der Waals surface area contributed by atoms with Gasteiger partial charge in [0.05, 0.1) is 0 Å². The molecular formula is C17H30N2. The van der Waals surface area contributed by atoms with E-state index < -0.39 is 0 Å². The Balaban J connectivity index is 2.30. The van der Waals surface area contributed by atoms with E-state index in [-0.39, 0.29) is 5.41 Å². The van der Waals surface area contributed by atoms with E-state index in [9.17, 15) is 0 Å². The van der Waals surface area contributed by atoms with Gasteiger partial charge in [-0.25, -0.2) is 0 Å². The molecule has 0 radical (unpaired) electrons. The van der Waals surface area contributed by atoms with Crippen LogP contribution in [0.25, 0.3) is 0 Å². The summed E-state index contributed by atoms with van der Waals surface area (Å²) < 4.78 is 0. The summed E-state index contributed by atoms with van der Waals surface area (Å²) in [5, 5.41) is 3.50. The van der Waals surface area contributed by atoms with E-state index in [0.717, 1.165) is 32.0 Å². The molecule has 0 heterocycles. The Labute approximate surface area is 118 Å². The standard InChI is InChI=1S/C17H30N2/c1-14(2)11-15-5-7-16(8-6-15)12-19-10-9-17(3,4)13-18/h5-8,14,19H,9-13,18H2,1-4H3. The van der Waals surface area contributed by atoms with Crippen LogP contribution in [-0.2, 0) is 13.0 Å². The van der Waals surface area contributed by atoms with Crippen molar-refractivity contribution < 1.29 is 0 Å². The summed E-state index contributed by atoms with van der Waals surface area (Å²) in [5.41, 5.74) is 8.76. The van der Waals surface area contributed by atoms with E-state index in [1.165, 1.54) is 17.5 Å². The highest BCUT2D eigenvalue weighted by atomic mass is 14.8. The molecule has 2 heteroatoms. The van der Waals surface area contributed by atoms with Crippen molar-refractivity contribution >= 4 is 0 Å². The van der Waals surface area contributed by atoms with E-state index >= 15 is 0 Å². The molecule has 0 aliphatic rings.